The van der Waals surface area contributed by atoms with Gasteiger partial charge >= 0.3 is 0 Å². The highest BCUT2D eigenvalue weighted by atomic mass is 35.5. The maximum absolute atomic E-state index is 12.9. The minimum atomic E-state index is -0.872. The first-order valence-corrected chi connectivity index (χ1v) is 9.01. The summed E-state index contributed by atoms with van der Waals surface area (Å²) in [5.41, 5.74) is 0.747. The lowest BCUT2D eigenvalue weighted by Gasteiger charge is -2.30. The zero-order valence-corrected chi connectivity index (χ0v) is 14.1. The molecule has 2 fully saturated rings. The number of nitrogens with zero attached hydrogens (tertiary/aromatic N) is 1. The van der Waals surface area contributed by atoms with E-state index in [1.54, 1.807) is 17.0 Å². The van der Waals surface area contributed by atoms with Crippen LogP contribution in [-0.4, -0.2) is 35.9 Å². The SMILES string of the molecule is O=C1CCC2(C(=O)NCC3CCCO3)Sc3ccc(Cl)cc3N12. The standard InChI is InChI=1S/C16H17ClN2O3S/c17-10-3-4-13-12(8-10)19-14(20)5-6-16(19,23-13)15(21)18-9-11-2-1-7-22-11/h3-4,8,11H,1-2,5-7,9H2,(H,18,21). The van der Waals surface area contributed by atoms with Crippen molar-refractivity contribution >= 4 is 40.9 Å². The molecule has 3 aliphatic heterocycles. The molecule has 1 N–H and O–H groups in total. The fraction of sp³-hybridized carbons (Fsp3) is 0.500. The number of thioether (sulfide) groups is 1. The van der Waals surface area contributed by atoms with E-state index in [1.807, 2.05) is 6.07 Å². The Labute approximate surface area is 143 Å². The van der Waals surface area contributed by atoms with Crippen molar-refractivity contribution in [3.05, 3.63) is 23.2 Å². The number of hydrogen-bond acceptors (Lipinski definition) is 4. The topological polar surface area (TPSA) is 58.6 Å². The number of rotatable bonds is 3. The summed E-state index contributed by atoms with van der Waals surface area (Å²) < 4.78 is 5.55. The van der Waals surface area contributed by atoms with E-state index in [-0.39, 0.29) is 17.9 Å². The molecule has 3 heterocycles. The van der Waals surface area contributed by atoms with E-state index in [9.17, 15) is 9.59 Å². The highest BCUT2D eigenvalue weighted by Crippen LogP contribution is 2.56. The van der Waals surface area contributed by atoms with Crippen molar-refractivity contribution in [2.24, 2.45) is 0 Å². The van der Waals surface area contributed by atoms with E-state index < -0.39 is 4.87 Å². The van der Waals surface area contributed by atoms with Crippen LogP contribution in [0.5, 0.6) is 0 Å². The molecule has 5 nitrogen and oxygen atoms in total. The van der Waals surface area contributed by atoms with Gasteiger partial charge in [-0.15, -0.1) is 0 Å². The first-order chi connectivity index (χ1) is 11.1. The molecule has 2 atom stereocenters. The number of amides is 2. The van der Waals surface area contributed by atoms with Crippen LogP contribution < -0.4 is 10.2 Å². The van der Waals surface area contributed by atoms with Crippen LogP contribution >= 0.6 is 23.4 Å². The molecule has 0 radical (unpaired) electrons. The summed E-state index contributed by atoms with van der Waals surface area (Å²) in [6, 6.07) is 5.43. The quantitative estimate of drug-likeness (QED) is 0.908. The molecular formula is C16H17ClN2O3S. The lowest BCUT2D eigenvalue weighted by atomic mass is 10.1. The third-order valence-electron chi connectivity index (χ3n) is 4.60. The molecule has 7 heteroatoms. The van der Waals surface area contributed by atoms with Gasteiger partial charge in [0.05, 0.1) is 11.8 Å². The van der Waals surface area contributed by atoms with Crippen molar-refractivity contribution < 1.29 is 14.3 Å². The van der Waals surface area contributed by atoms with Crippen LogP contribution in [0.2, 0.25) is 5.02 Å². The molecule has 0 bridgehead atoms. The van der Waals surface area contributed by atoms with Crippen LogP contribution in [0.4, 0.5) is 5.69 Å². The molecular weight excluding hydrogens is 336 g/mol. The van der Waals surface area contributed by atoms with Crippen molar-refractivity contribution in [1.29, 1.82) is 0 Å². The zero-order valence-electron chi connectivity index (χ0n) is 12.5. The first kappa shape index (κ1) is 15.3. The number of carbonyl (C=O) groups excluding carboxylic acids is 2. The predicted octanol–water partition coefficient (Wildman–Crippen LogP) is 2.56. The van der Waals surface area contributed by atoms with E-state index in [0.717, 1.165) is 30.0 Å². The molecule has 3 aliphatic rings. The molecule has 4 rings (SSSR count). The van der Waals surface area contributed by atoms with Gasteiger partial charge in [0.15, 0.2) is 4.87 Å². The first-order valence-electron chi connectivity index (χ1n) is 7.82. The number of carbonyl (C=O) groups is 2. The summed E-state index contributed by atoms with van der Waals surface area (Å²) >= 11 is 7.52. The Kier molecular flexibility index (Phi) is 3.78. The normalized spacial score (nSPS) is 28.8. The van der Waals surface area contributed by atoms with E-state index in [0.29, 0.717) is 24.4 Å². The van der Waals surface area contributed by atoms with Gasteiger partial charge in [0.2, 0.25) is 5.91 Å². The lowest BCUT2D eigenvalue weighted by Crippen LogP contribution is -2.53. The maximum atomic E-state index is 12.9. The van der Waals surface area contributed by atoms with Gasteiger partial charge < -0.3 is 10.1 Å². The van der Waals surface area contributed by atoms with E-state index >= 15 is 0 Å². The summed E-state index contributed by atoms with van der Waals surface area (Å²) in [4.78, 5) is 26.9. The summed E-state index contributed by atoms with van der Waals surface area (Å²) in [5.74, 6) is -0.137. The van der Waals surface area contributed by atoms with Crippen LogP contribution in [-0.2, 0) is 14.3 Å². The fourth-order valence-corrected chi connectivity index (χ4v) is 5.05. The average Bonchev–Trinajstić information content (AvgIpc) is 3.22. The second kappa shape index (κ2) is 5.69. The molecule has 0 aromatic heterocycles. The van der Waals surface area contributed by atoms with Crippen molar-refractivity contribution in [3.8, 4) is 0 Å². The number of hydrogen-bond donors (Lipinski definition) is 1. The summed E-state index contributed by atoms with van der Waals surface area (Å²) in [6.45, 7) is 1.26. The second-order valence-electron chi connectivity index (χ2n) is 6.07. The molecule has 2 amide bonds. The predicted molar refractivity (Wildman–Crippen MR) is 88.7 cm³/mol. The van der Waals surface area contributed by atoms with Gasteiger partial charge in [-0.3, -0.25) is 14.5 Å². The van der Waals surface area contributed by atoms with Gasteiger partial charge in [0.1, 0.15) is 0 Å². The largest absolute Gasteiger partial charge is 0.376 e. The maximum Gasteiger partial charge on any atom is 0.257 e. The number of ether oxygens (including phenoxy) is 1. The Morgan fingerprint density at radius 2 is 2.39 bits per heavy atom. The number of fused-ring (bicyclic) bond motifs is 3. The van der Waals surface area contributed by atoms with E-state index in [1.165, 1.54) is 11.8 Å². The highest BCUT2D eigenvalue weighted by molar-refractivity contribution is 8.02. The van der Waals surface area contributed by atoms with Crippen LogP contribution in [0.3, 0.4) is 0 Å². The molecule has 1 aromatic carbocycles. The number of halogens is 1. The van der Waals surface area contributed by atoms with Gasteiger partial charge in [-0.2, -0.15) is 0 Å². The summed E-state index contributed by atoms with van der Waals surface area (Å²) in [5, 5.41) is 3.56. The minimum Gasteiger partial charge on any atom is -0.376 e. The minimum absolute atomic E-state index is 0.0224. The molecule has 2 saturated heterocycles. The lowest BCUT2D eigenvalue weighted by molar-refractivity contribution is -0.125. The van der Waals surface area contributed by atoms with Crippen LogP contribution in [0.1, 0.15) is 25.7 Å². The van der Waals surface area contributed by atoms with Gasteiger partial charge in [-0.25, -0.2) is 0 Å². The number of benzene rings is 1. The van der Waals surface area contributed by atoms with Crippen LogP contribution in [0, 0.1) is 0 Å². The van der Waals surface area contributed by atoms with Crippen molar-refractivity contribution in [2.45, 2.75) is 41.6 Å². The Bertz CT molecular complexity index is 677. The molecule has 1 aromatic rings. The zero-order chi connectivity index (χ0) is 16.0. The Balaban J connectivity index is 1.59. The number of nitrogens with one attached hydrogen (secondary N) is 1. The van der Waals surface area contributed by atoms with Gasteiger partial charge in [0.25, 0.3) is 5.91 Å². The second-order valence-corrected chi connectivity index (χ2v) is 7.83. The summed E-state index contributed by atoms with van der Waals surface area (Å²) in [7, 11) is 0. The highest BCUT2D eigenvalue weighted by Gasteiger charge is 2.57. The fourth-order valence-electron chi connectivity index (χ4n) is 3.47. The van der Waals surface area contributed by atoms with Crippen molar-refractivity contribution in [3.63, 3.8) is 0 Å². The molecule has 122 valence electrons. The Morgan fingerprint density at radius 1 is 1.52 bits per heavy atom. The Hall–Kier alpha value is -1.24. The van der Waals surface area contributed by atoms with E-state index in [2.05, 4.69) is 5.32 Å². The molecule has 2 unspecified atom stereocenters. The van der Waals surface area contributed by atoms with Gasteiger partial charge in [-0.1, -0.05) is 23.4 Å². The molecule has 0 saturated carbocycles. The van der Waals surface area contributed by atoms with Crippen molar-refractivity contribution in [1.82, 2.24) is 5.32 Å². The van der Waals surface area contributed by atoms with Gasteiger partial charge in [-0.05, 0) is 37.5 Å². The number of anilines is 1. The van der Waals surface area contributed by atoms with Crippen LogP contribution in [0.15, 0.2) is 23.1 Å². The third-order valence-corrected chi connectivity index (χ3v) is 6.31. The summed E-state index contributed by atoms with van der Waals surface area (Å²) in [6.07, 6.45) is 2.99. The average molecular weight is 353 g/mol. The van der Waals surface area contributed by atoms with Crippen LogP contribution in [0.25, 0.3) is 0 Å². The van der Waals surface area contributed by atoms with E-state index in [4.69, 9.17) is 16.3 Å². The van der Waals surface area contributed by atoms with Gasteiger partial charge in [0, 0.05) is 29.5 Å². The smallest absolute Gasteiger partial charge is 0.257 e. The molecule has 23 heavy (non-hydrogen) atoms. The molecule has 0 aliphatic carbocycles. The monoisotopic (exact) mass is 352 g/mol. The Morgan fingerprint density at radius 3 is 3.17 bits per heavy atom. The third kappa shape index (κ3) is 2.44. The van der Waals surface area contributed by atoms with Crippen molar-refractivity contribution in [2.75, 3.05) is 18.1 Å². The molecule has 0 spiro atoms.